The van der Waals surface area contributed by atoms with Gasteiger partial charge in [0.25, 0.3) is 0 Å². The van der Waals surface area contributed by atoms with E-state index < -0.39 is 0 Å². The van der Waals surface area contributed by atoms with E-state index in [0.717, 1.165) is 22.6 Å². The van der Waals surface area contributed by atoms with Gasteiger partial charge in [-0.3, -0.25) is 4.98 Å². The van der Waals surface area contributed by atoms with Crippen LogP contribution in [-0.2, 0) is 0 Å². The fourth-order valence-corrected chi connectivity index (χ4v) is 1.59. The third-order valence-corrected chi connectivity index (χ3v) is 2.55. The maximum Gasteiger partial charge on any atom is 0.123 e. The Hall–Kier alpha value is -2.29. The maximum absolute atomic E-state index is 5.23. The minimum absolute atomic E-state index is 0.781. The molecule has 92 valence electrons. The second kappa shape index (κ2) is 5.87. The summed E-state index contributed by atoms with van der Waals surface area (Å²) in [6.45, 7) is 0. The highest BCUT2D eigenvalue weighted by Gasteiger charge is 1.99. The molecule has 0 aliphatic carbocycles. The molecule has 0 radical (unpaired) electrons. The molecule has 0 unspecified atom stereocenters. The number of ether oxygens (including phenoxy) is 2. The molecule has 0 atom stereocenters. The SMILES string of the molecule is COc1cc(C=Cc2ccncc2)cc(OC)c1. The number of pyridine rings is 1. The van der Waals surface area contributed by atoms with E-state index in [9.17, 15) is 0 Å². The summed E-state index contributed by atoms with van der Waals surface area (Å²) in [5.41, 5.74) is 2.13. The van der Waals surface area contributed by atoms with Crippen LogP contribution in [0.5, 0.6) is 11.5 Å². The molecule has 0 spiro atoms. The molecule has 0 aliphatic rings. The van der Waals surface area contributed by atoms with Gasteiger partial charge in [-0.25, -0.2) is 0 Å². The summed E-state index contributed by atoms with van der Waals surface area (Å²) >= 11 is 0. The Bertz CT molecular complexity index is 513. The van der Waals surface area contributed by atoms with E-state index in [-0.39, 0.29) is 0 Å². The van der Waals surface area contributed by atoms with Crippen molar-refractivity contribution in [1.29, 1.82) is 0 Å². The highest BCUT2D eigenvalue weighted by atomic mass is 16.5. The average Bonchev–Trinajstić information content (AvgIpc) is 2.45. The van der Waals surface area contributed by atoms with Crippen LogP contribution in [0.3, 0.4) is 0 Å². The summed E-state index contributed by atoms with van der Waals surface area (Å²) in [4.78, 5) is 3.98. The first-order valence-corrected chi connectivity index (χ1v) is 5.63. The van der Waals surface area contributed by atoms with Gasteiger partial charge in [-0.05, 0) is 35.4 Å². The zero-order chi connectivity index (χ0) is 12.8. The van der Waals surface area contributed by atoms with E-state index in [2.05, 4.69) is 4.98 Å². The molecular weight excluding hydrogens is 226 g/mol. The fourth-order valence-electron chi connectivity index (χ4n) is 1.59. The minimum atomic E-state index is 0.781. The van der Waals surface area contributed by atoms with Gasteiger partial charge in [0.15, 0.2) is 0 Å². The van der Waals surface area contributed by atoms with Crippen molar-refractivity contribution in [1.82, 2.24) is 4.98 Å². The van der Waals surface area contributed by atoms with Crippen LogP contribution in [0.4, 0.5) is 0 Å². The molecular formula is C15H15NO2. The molecule has 0 saturated carbocycles. The van der Waals surface area contributed by atoms with E-state index in [1.165, 1.54) is 0 Å². The lowest BCUT2D eigenvalue weighted by Gasteiger charge is -2.05. The predicted molar refractivity (Wildman–Crippen MR) is 72.7 cm³/mol. The lowest BCUT2D eigenvalue weighted by atomic mass is 10.1. The van der Waals surface area contributed by atoms with Crippen LogP contribution in [0.1, 0.15) is 11.1 Å². The summed E-state index contributed by atoms with van der Waals surface area (Å²) in [6, 6.07) is 9.67. The van der Waals surface area contributed by atoms with Gasteiger partial charge in [0.05, 0.1) is 14.2 Å². The average molecular weight is 241 g/mol. The number of methoxy groups -OCH3 is 2. The molecule has 1 aromatic carbocycles. The Balaban J connectivity index is 2.25. The Morgan fingerprint density at radius 1 is 0.833 bits per heavy atom. The van der Waals surface area contributed by atoms with E-state index >= 15 is 0 Å². The van der Waals surface area contributed by atoms with Gasteiger partial charge in [-0.2, -0.15) is 0 Å². The molecule has 0 amide bonds. The van der Waals surface area contributed by atoms with Crippen molar-refractivity contribution in [2.24, 2.45) is 0 Å². The molecule has 0 N–H and O–H groups in total. The molecule has 3 heteroatoms. The molecule has 2 aromatic rings. The number of nitrogens with zero attached hydrogens (tertiary/aromatic N) is 1. The zero-order valence-electron chi connectivity index (χ0n) is 10.5. The smallest absolute Gasteiger partial charge is 0.123 e. The summed E-state index contributed by atoms with van der Waals surface area (Å²) in [6.07, 6.45) is 7.58. The number of rotatable bonds is 4. The van der Waals surface area contributed by atoms with Crippen LogP contribution >= 0.6 is 0 Å². The number of hydrogen-bond donors (Lipinski definition) is 0. The quantitative estimate of drug-likeness (QED) is 0.823. The monoisotopic (exact) mass is 241 g/mol. The number of aromatic nitrogens is 1. The summed E-state index contributed by atoms with van der Waals surface area (Å²) in [7, 11) is 3.29. The van der Waals surface area contributed by atoms with Crippen molar-refractivity contribution in [2.75, 3.05) is 14.2 Å². The summed E-state index contributed by atoms with van der Waals surface area (Å²) < 4.78 is 10.5. The van der Waals surface area contributed by atoms with Crippen molar-refractivity contribution in [2.45, 2.75) is 0 Å². The van der Waals surface area contributed by atoms with Gasteiger partial charge < -0.3 is 9.47 Å². The second-order valence-electron chi connectivity index (χ2n) is 3.76. The summed E-state index contributed by atoms with van der Waals surface area (Å²) in [5.74, 6) is 1.56. The minimum Gasteiger partial charge on any atom is -0.497 e. The van der Waals surface area contributed by atoms with Gasteiger partial charge in [0, 0.05) is 18.5 Å². The van der Waals surface area contributed by atoms with Crippen molar-refractivity contribution < 1.29 is 9.47 Å². The van der Waals surface area contributed by atoms with E-state index in [1.807, 2.05) is 42.5 Å². The molecule has 2 rings (SSSR count). The molecule has 1 heterocycles. The lowest BCUT2D eigenvalue weighted by Crippen LogP contribution is -1.88. The third kappa shape index (κ3) is 3.10. The Morgan fingerprint density at radius 2 is 1.39 bits per heavy atom. The standard InChI is InChI=1S/C15H15NO2/c1-17-14-9-13(10-15(11-14)18-2)4-3-12-5-7-16-8-6-12/h3-11H,1-2H3. The van der Waals surface area contributed by atoms with Crippen LogP contribution in [-0.4, -0.2) is 19.2 Å². The highest BCUT2D eigenvalue weighted by molar-refractivity contribution is 5.70. The van der Waals surface area contributed by atoms with Gasteiger partial charge in [0.1, 0.15) is 11.5 Å². The number of benzene rings is 1. The Kier molecular flexibility index (Phi) is 3.97. The van der Waals surface area contributed by atoms with Crippen molar-refractivity contribution in [3.63, 3.8) is 0 Å². The Labute approximate surface area is 107 Å². The van der Waals surface area contributed by atoms with E-state index in [1.54, 1.807) is 26.6 Å². The molecule has 18 heavy (non-hydrogen) atoms. The highest BCUT2D eigenvalue weighted by Crippen LogP contribution is 2.23. The van der Waals surface area contributed by atoms with E-state index in [0.29, 0.717) is 0 Å². The first kappa shape index (κ1) is 12.2. The second-order valence-corrected chi connectivity index (χ2v) is 3.76. The fraction of sp³-hybridized carbons (Fsp3) is 0.133. The van der Waals surface area contributed by atoms with Crippen molar-refractivity contribution in [3.05, 3.63) is 53.9 Å². The molecule has 3 nitrogen and oxygen atoms in total. The van der Waals surface area contributed by atoms with Gasteiger partial charge >= 0.3 is 0 Å². The first-order chi connectivity index (χ1) is 8.81. The van der Waals surface area contributed by atoms with Crippen LogP contribution < -0.4 is 9.47 Å². The molecule has 0 fully saturated rings. The molecule has 0 bridgehead atoms. The summed E-state index contributed by atoms with van der Waals surface area (Å²) in [5, 5.41) is 0. The zero-order valence-corrected chi connectivity index (χ0v) is 10.5. The topological polar surface area (TPSA) is 31.4 Å². The Morgan fingerprint density at radius 3 is 1.94 bits per heavy atom. The van der Waals surface area contributed by atoms with Crippen molar-refractivity contribution >= 4 is 12.2 Å². The third-order valence-electron chi connectivity index (χ3n) is 2.55. The molecule has 0 aliphatic heterocycles. The van der Waals surface area contributed by atoms with E-state index in [4.69, 9.17) is 9.47 Å². The van der Waals surface area contributed by atoms with Crippen LogP contribution in [0.15, 0.2) is 42.7 Å². The number of hydrogen-bond acceptors (Lipinski definition) is 3. The van der Waals surface area contributed by atoms with Gasteiger partial charge in [-0.15, -0.1) is 0 Å². The molecule has 1 aromatic heterocycles. The largest absolute Gasteiger partial charge is 0.497 e. The lowest BCUT2D eigenvalue weighted by molar-refractivity contribution is 0.394. The first-order valence-electron chi connectivity index (χ1n) is 5.63. The predicted octanol–water partition coefficient (Wildman–Crippen LogP) is 3.27. The van der Waals surface area contributed by atoms with Crippen LogP contribution in [0.2, 0.25) is 0 Å². The van der Waals surface area contributed by atoms with Crippen LogP contribution in [0, 0.1) is 0 Å². The molecule has 0 saturated heterocycles. The normalized spacial score (nSPS) is 10.6. The maximum atomic E-state index is 5.23. The van der Waals surface area contributed by atoms with Crippen LogP contribution in [0.25, 0.3) is 12.2 Å². The van der Waals surface area contributed by atoms with Crippen molar-refractivity contribution in [3.8, 4) is 11.5 Å². The van der Waals surface area contributed by atoms with Gasteiger partial charge in [0.2, 0.25) is 0 Å². The van der Waals surface area contributed by atoms with Gasteiger partial charge in [-0.1, -0.05) is 12.2 Å².